The third-order valence-corrected chi connectivity index (χ3v) is 3.69. The minimum absolute atomic E-state index is 0.0266. The molecule has 0 atom stereocenters. The molecule has 14 heavy (non-hydrogen) atoms. The van der Waals surface area contributed by atoms with Gasteiger partial charge in [0.2, 0.25) is 0 Å². The molecule has 0 radical (unpaired) electrons. The number of aryl methyl sites for hydroxylation is 2. The van der Waals surface area contributed by atoms with E-state index in [1.54, 1.807) is 0 Å². The van der Waals surface area contributed by atoms with Gasteiger partial charge < -0.3 is 10.3 Å². The van der Waals surface area contributed by atoms with Crippen molar-refractivity contribution in [3.63, 3.8) is 0 Å². The molecule has 3 nitrogen and oxygen atoms in total. The third-order valence-electron chi connectivity index (χ3n) is 3.69. The van der Waals surface area contributed by atoms with Crippen LogP contribution in [-0.2, 0) is 5.41 Å². The highest BCUT2D eigenvalue weighted by molar-refractivity contribution is 5.36. The summed E-state index contributed by atoms with van der Waals surface area (Å²) >= 11 is 0. The molecule has 0 saturated heterocycles. The van der Waals surface area contributed by atoms with E-state index in [4.69, 9.17) is 10.3 Å². The van der Waals surface area contributed by atoms with Gasteiger partial charge in [-0.05, 0) is 26.7 Å². The SMILES string of the molecule is Cc1noc(C)c1C(C)(C)C1(N)CC1. The highest BCUT2D eigenvalue weighted by Gasteiger charge is 2.53. The van der Waals surface area contributed by atoms with Gasteiger partial charge in [-0.2, -0.15) is 0 Å². The fourth-order valence-electron chi connectivity index (χ4n) is 2.38. The Labute approximate surface area is 84.7 Å². The predicted molar refractivity (Wildman–Crippen MR) is 55.2 cm³/mol. The van der Waals surface area contributed by atoms with E-state index >= 15 is 0 Å². The standard InChI is InChI=1S/C11H18N2O/c1-7-9(8(2)14-13-7)10(3,4)11(12)5-6-11/h5-6,12H2,1-4H3. The molecule has 1 aliphatic rings. The maximum atomic E-state index is 6.28. The molecular weight excluding hydrogens is 176 g/mol. The lowest BCUT2D eigenvalue weighted by Gasteiger charge is -2.31. The highest BCUT2D eigenvalue weighted by Crippen LogP contribution is 2.50. The van der Waals surface area contributed by atoms with E-state index in [1.807, 2.05) is 13.8 Å². The van der Waals surface area contributed by atoms with Crippen LogP contribution in [0.2, 0.25) is 0 Å². The number of hydrogen-bond donors (Lipinski definition) is 1. The zero-order chi connectivity index (χ0) is 10.6. The second-order valence-electron chi connectivity index (χ2n) is 4.98. The molecule has 0 aliphatic heterocycles. The Morgan fingerprint density at radius 3 is 2.29 bits per heavy atom. The van der Waals surface area contributed by atoms with Crippen LogP contribution in [-0.4, -0.2) is 10.7 Å². The van der Waals surface area contributed by atoms with Gasteiger partial charge in [-0.3, -0.25) is 0 Å². The molecule has 0 amide bonds. The molecule has 1 aromatic heterocycles. The fraction of sp³-hybridized carbons (Fsp3) is 0.727. The molecule has 3 heteroatoms. The van der Waals surface area contributed by atoms with Crippen LogP contribution in [0.25, 0.3) is 0 Å². The highest BCUT2D eigenvalue weighted by atomic mass is 16.5. The summed E-state index contributed by atoms with van der Waals surface area (Å²) in [5, 5.41) is 3.99. The van der Waals surface area contributed by atoms with E-state index in [0.29, 0.717) is 0 Å². The molecule has 1 heterocycles. The van der Waals surface area contributed by atoms with E-state index in [0.717, 1.165) is 24.3 Å². The van der Waals surface area contributed by atoms with Crippen LogP contribution in [0.15, 0.2) is 4.52 Å². The van der Waals surface area contributed by atoms with Crippen molar-refractivity contribution in [2.75, 3.05) is 0 Å². The average Bonchev–Trinajstić information content (AvgIpc) is 2.73. The molecule has 2 N–H and O–H groups in total. The maximum Gasteiger partial charge on any atom is 0.137 e. The van der Waals surface area contributed by atoms with Crippen LogP contribution in [0.1, 0.15) is 43.7 Å². The van der Waals surface area contributed by atoms with Gasteiger partial charge in [0.05, 0.1) is 5.69 Å². The summed E-state index contributed by atoms with van der Waals surface area (Å²) in [4.78, 5) is 0. The molecule has 0 spiro atoms. The lowest BCUT2D eigenvalue weighted by atomic mass is 9.75. The summed E-state index contributed by atoms with van der Waals surface area (Å²) in [6, 6.07) is 0. The quantitative estimate of drug-likeness (QED) is 0.784. The van der Waals surface area contributed by atoms with Gasteiger partial charge in [-0.25, -0.2) is 0 Å². The molecule has 1 fully saturated rings. The molecule has 2 rings (SSSR count). The van der Waals surface area contributed by atoms with E-state index in [-0.39, 0.29) is 11.0 Å². The molecule has 0 bridgehead atoms. The lowest BCUT2D eigenvalue weighted by Crippen LogP contribution is -2.43. The van der Waals surface area contributed by atoms with Gasteiger partial charge >= 0.3 is 0 Å². The molecule has 1 saturated carbocycles. The van der Waals surface area contributed by atoms with Crippen molar-refractivity contribution in [2.45, 2.75) is 51.5 Å². The van der Waals surface area contributed by atoms with Gasteiger partial charge in [0.15, 0.2) is 0 Å². The molecular formula is C11H18N2O. The Kier molecular flexibility index (Phi) is 1.80. The molecule has 1 aromatic rings. The zero-order valence-corrected chi connectivity index (χ0v) is 9.35. The van der Waals surface area contributed by atoms with E-state index in [1.165, 1.54) is 5.56 Å². The smallest absolute Gasteiger partial charge is 0.137 e. The van der Waals surface area contributed by atoms with Gasteiger partial charge in [0.1, 0.15) is 5.76 Å². The maximum absolute atomic E-state index is 6.28. The summed E-state index contributed by atoms with van der Waals surface area (Å²) in [6.45, 7) is 8.32. The van der Waals surface area contributed by atoms with E-state index in [9.17, 15) is 0 Å². The Balaban J connectivity index is 2.48. The first kappa shape index (κ1) is 9.71. The van der Waals surface area contributed by atoms with Crippen molar-refractivity contribution >= 4 is 0 Å². The topological polar surface area (TPSA) is 52.0 Å². The molecule has 1 aliphatic carbocycles. The van der Waals surface area contributed by atoms with Crippen LogP contribution >= 0.6 is 0 Å². The van der Waals surface area contributed by atoms with Gasteiger partial charge in [0.25, 0.3) is 0 Å². The Bertz CT molecular complexity index is 342. The first-order chi connectivity index (χ1) is 6.38. The van der Waals surface area contributed by atoms with Gasteiger partial charge in [-0.1, -0.05) is 19.0 Å². The number of rotatable bonds is 2. The van der Waals surface area contributed by atoms with Crippen molar-refractivity contribution in [3.05, 3.63) is 17.0 Å². The van der Waals surface area contributed by atoms with Crippen LogP contribution in [0.4, 0.5) is 0 Å². The fourth-order valence-corrected chi connectivity index (χ4v) is 2.38. The third kappa shape index (κ3) is 1.12. The van der Waals surface area contributed by atoms with Gasteiger partial charge in [-0.15, -0.1) is 0 Å². The minimum atomic E-state index is -0.0475. The first-order valence-corrected chi connectivity index (χ1v) is 5.11. The van der Waals surface area contributed by atoms with Crippen molar-refractivity contribution < 1.29 is 4.52 Å². The second-order valence-corrected chi connectivity index (χ2v) is 4.98. The van der Waals surface area contributed by atoms with Crippen LogP contribution in [0.5, 0.6) is 0 Å². The Morgan fingerprint density at radius 2 is 1.93 bits per heavy atom. The summed E-state index contributed by atoms with van der Waals surface area (Å²) in [5.41, 5.74) is 8.38. The minimum Gasteiger partial charge on any atom is -0.361 e. The van der Waals surface area contributed by atoms with Crippen LogP contribution < -0.4 is 5.73 Å². The molecule has 0 aromatic carbocycles. The summed E-state index contributed by atoms with van der Waals surface area (Å²) < 4.78 is 5.20. The second kappa shape index (κ2) is 2.60. The van der Waals surface area contributed by atoms with Crippen LogP contribution in [0.3, 0.4) is 0 Å². The van der Waals surface area contributed by atoms with Crippen molar-refractivity contribution in [1.82, 2.24) is 5.16 Å². The van der Waals surface area contributed by atoms with Crippen molar-refractivity contribution in [2.24, 2.45) is 5.73 Å². The Hall–Kier alpha value is -0.830. The number of nitrogens with two attached hydrogens (primary N) is 1. The largest absolute Gasteiger partial charge is 0.361 e. The molecule has 0 unspecified atom stereocenters. The van der Waals surface area contributed by atoms with E-state index < -0.39 is 0 Å². The summed E-state index contributed by atoms with van der Waals surface area (Å²) in [7, 11) is 0. The average molecular weight is 194 g/mol. The summed E-state index contributed by atoms with van der Waals surface area (Å²) in [5.74, 6) is 0.907. The zero-order valence-electron chi connectivity index (χ0n) is 9.35. The first-order valence-electron chi connectivity index (χ1n) is 5.11. The number of hydrogen-bond acceptors (Lipinski definition) is 3. The van der Waals surface area contributed by atoms with Gasteiger partial charge in [0, 0.05) is 16.5 Å². The predicted octanol–water partition coefficient (Wildman–Crippen LogP) is 2.06. The number of aromatic nitrogens is 1. The molecule has 78 valence electrons. The monoisotopic (exact) mass is 194 g/mol. The van der Waals surface area contributed by atoms with E-state index in [2.05, 4.69) is 19.0 Å². The normalized spacial score (nSPS) is 19.8. The lowest BCUT2D eigenvalue weighted by molar-refractivity contribution is 0.367. The van der Waals surface area contributed by atoms with Crippen molar-refractivity contribution in [3.8, 4) is 0 Å². The Morgan fingerprint density at radius 1 is 1.36 bits per heavy atom. The van der Waals surface area contributed by atoms with Crippen LogP contribution in [0, 0.1) is 13.8 Å². The summed E-state index contributed by atoms with van der Waals surface area (Å²) in [6.07, 6.45) is 2.20. The number of nitrogens with zero attached hydrogens (tertiary/aromatic N) is 1. The van der Waals surface area contributed by atoms with Crippen molar-refractivity contribution in [1.29, 1.82) is 0 Å².